The van der Waals surface area contributed by atoms with Crippen LogP contribution in [-0.4, -0.2) is 67.7 Å². The fourth-order valence-corrected chi connectivity index (χ4v) is 1.78. The van der Waals surface area contributed by atoms with Gasteiger partial charge in [-0.15, -0.1) is 0 Å². The molecule has 0 bridgehead atoms. The second-order valence-electron chi connectivity index (χ2n) is 5.89. The SMILES string of the molecule is CC(CO)OCC(C)OCC(C)OCC(O)COc1ccccc1. The van der Waals surface area contributed by atoms with Gasteiger partial charge in [-0.05, 0) is 32.9 Å². The molecule has 0 fully saturated rings. The van der Waals surface area contributed by atoms with E-state index in [-0.39, 0.29) is 38.1 Å². The lowest BCUT2D eigenvalue weighted by Crippen LogP contribution is -2.29. The Bertz CT molecular complexity index is 413. The van der Waals surface area contributed by atoms with Gasteiger partial charge in [-0.25, -0.2) is 0 Å². The molecule has 138 valence electrons. The summed E-state index contributed by atoms with van der Waals surface area (Å²) in [6, 6.07) is 9.34. The van der Waals surface area contributed by atoms with E-state index in [1.54, 1.807) is 6.92 Å². The van der Waals surface area contributed by atoms with Gasteiger partial charge >= 0.3 is 0 Å². The number of para-hydroxylation sites is 1. The Morgan fingerprint density at radius 2 is 1.33 bits per heavy atom. The lowest BCUT2D eigenvalue weighted by Gasteiger charge is -2.20. The van der Waals surface area contributed by atoms with Crippen molar-refractivity contribution in [1.82, 2.24) is 0 Å². The minimum atomic E-state index is -0.696. The van der Waals surface area contributed by atoms with Gasteiger partial charge in [0, 0.05) is 0 Å². The van der Waals surface area contributed by atoms with Gasteiger partial charge < -0.3 is 29.2 Å². The van der Waals surface area contributed by atoms with Crippen LogP contribution in [0.25, 0.3) is 0 Å². The maximum Gasteiger partial charge on any atom is 0.119 e. The lowest BCUT2D eigenvalue weighted by molar-refractivity contribution is -0.0866. The van der Waals surface area contributed by atoms with Crippen molar-refractivity contribution < 1.29 is 29.2 Å². The van der Waals surface area contributed by atoms with Gasteiger partial charge in [0.1, 0.15) is 18.5 Å². The molecule has 24 heavy (non-hydrogen) atoms. The van der Waals surface area contributed by atoms with E-state index in [4.69, 9.17) is 24.1 Å². The van der Waals surface area contributed by atoms with Crippen LogP contribution in [0.3, 0.4) is 0 Å². The summed E-state index contributed by atoms with van der Waals surface area (Å²) in [6.07, 6.45) is -1.12. The highest BCUT2D eigenvalue weighted by atomic mass is 16.6. The molecule has 6 heteroatoms. The van der Waals surface area contributed by atoms with Crippen molar-refractivity contribution in [3.63, 3.8) is 0 Å². The van der Waals surface area contributed by atoms with Crippen LogP contribution in [0.5, 0.6) is 5.75 Å². The summed E-state index contributed by atoms with van der Waals surface area (Å²) in [5.74, 6) is 0.721. The van der Waals surface area contributed by atoms with Gasteiger partial charge in [0.05, 0.1) is 44.7 Å². The fraction of sp³-hybridized carbons (Fsp3) is 0.667. The first-order valence-corrected chi connectivity index (χ1v) is 8.32. The van der Waals surface area contributed by atoms with E-state index in [2.05, 4.69) is 0 Å². The molecule has 1 aromatic carbocycles. The highest BCUT2D eigenvalue weighted by molar-refractivity contribution is 5.20. The summed E-state index contributed by atoms with van der Waals surface area (Å²) < 4.78 is 22.0. The number of benzene rings is 1. The molecule has 0 radical (unpaired) electrons. The first kappa shape index (κ1) is 20.9. The molecule has 2 N–H and O–H groups in total. The summed E-state index contributed by atoms with van der Waals surface area (Å²) in [4.78, 5) is 0. The number of ether oxygens (including phenoxy) is 4. The third-order valence-electron chi connectivity index (χ3n) is 3.25. The van der Waals surface area contributed by atoms with E-state index in [0.717, 1.165) is 5.75 Å². The minimum absolute atomic E-state index is 0.00479. The van der Waals surface area contributed by atoms with E-state index in [0.29, 0.717) is 13.2 Å². The molecule has 1 aromatic rings. The molecular weight excluding hydrogens is 312 g/mol. The molecule has 1 rings (SSSR count). The van der Waals surface area contributed by atoms with E-state index in [1.807, 2.05) is 44.2 Å². The summed E-state index contributed by atoms with van der Waals surface area (Å²) in [6.45, 7) is 6.78. The third-order valence-corrected chi connectivity index (χ3v) is 3.25. The molecule has 0 aliphatic heterocycles. The molecule has 0 saturated heterocycles. The fourth-order valence-electron chi connectivity index (χ4n) is 1.78. The summed E-state index contributed by atoms with van der Waals surface area (Å²) in [5, 5.41) is 18.8. The zero-order valence-electron chi connectivity index (χ0n) is 14.8. The monoisotopic (exact) mass is 342 g/mol. The molecule has 0 saturated carbocycles. The molecule has 6 nitrogen and oxygen atoms in total. The molecule has 0 amide bonds. The Labute approximate surface area is 144 Å². The average Bonchev–Trinajstić information content (AvgIpc) is 2.61. The van der Waals surface area contributed by atoms with E-state index >= 15 is 0 Å². The van der Waals surface area contributed by atoms with E-state index in [1.165, 1.54) is 0 Å². The summed E-state index contributed by atoms with van der Waals surface area (Å²) in [7, 11) is 0. The van der Waals surface area contributed by atoms with Crippen LogP contribution in [0.1, 0.15) is 20.8 Å². The number of aliphatic hydroxyl groups is 2. The average molecular weight is 342 g/mol. The molecular formula is C18H30O6. The summed E-state index contributed by atoms with van der Waals surface area (Å²) in [5.41, 5.74) is 0. The first-order chi connectivity index (χ1) is 11.5. The molecule has 4 atom stereocenters. The van der Waals surface area contributed by atoms with Crippen molar-refractivity contribution in [2.75, 3.05) is 33.0 Å². The minimum Gasteiger partial charge on any atom is -0.491 e. The second kappa shape index (κ2) is 12.2. The lowest BCUT2D eigenvalue weighted by atomic mass is 10.3. The van der Waals surface area contributed by atoms with Gasteiger partial charge in [-0.1, -0.05) is 18.2 Å². The van der Waals surface area contributed by atoms with Crippen molar-refractivity contribution >= 4 is 0 Å². The Morgan fingerprint density at radius 3 is 1.92 bits per heavy atom. The molecule has 0 aliphatic carbocycles. The Balaban J connectivity index is 2.08. The van der Waals surface area contributed by atoms with Crippen LogP contribution in [0.2, 0.25) is 0 Å². The number of aliphatic hydroxyl groups excluding tert-OH is 2. The Morgan fingerprint density at radius 1 is 0.792 bits per heavy atom. The third kappa shape index (κ3) is 9.85. The van der Waals surface area contributed by atoms with Crippen LogP contribution in [-0.2, 0) is 14.2 Å². The Kier molecular flexibility index (Phi) is 10.6. The topological polar surface area (TPSA) is 77.4 Å². The second-order valence-corrected chi connectivity index (χ2v) is 5.89. The maximum absolute atomic E-state index is 9.87. The predicted octanol–water partition coefficient (Wildman–Crippen LogP) is 1.63. The zero-order chi connectivity index (χ0) is 17.8. The van der Waals surface area contributed by atoms with Crippen LogP contribution in [0, 0.1) is 0 Å². The first-order valence-electron chi connectivity index (χ1n) is 8.32. The number of rotatable bonds is 13. The van der Waals surface area contributed by atoms with Crippen LogP contribution in [0.4, 0.5) is 0 Å². The largest absolute Gasteiger partial charge is 0.491 e. The van der Waals surface area contributed by atoms with Crippen LogP contribution in [0.15, 0.2) is 30.3 Å². The maximum atomic E-state index is 9.87. The van der Waals surface area contributed by atoms with Crippen LogP contribution >= 0.6 is 0 Å². The predicted molar refractivity (Wildman–Crippen MR) is 91.3 cm³/mol. The summed E-state index contributed by atoms with van der Waals surface area (Å²) >= 11 is 0. The quantitative estimate of drug-likeness (QED) is 0.567. The molecule has 4 unspecified atom stereocenters. The zero-order valence-corrected chi connectivity index (χ0v) is 14.8. The Hall–Kier alpha value is -1.18. The highest BCUT2D eigenvalue weighted by Gasteiger charge is 2.12. The van der Waals surface area contributed by atoms with Crippen LogP contribution < -0.4 is 4.74 Å². The van der Waals surface area contributed by atoms with Crippen molar-refractivity contribution in [3.05, 3.63) is 30.3 Å². The van der Waals surface area contributed by atoms with Gasteiger partial charge in [-0.3, -0.25) is 0 Å². The standard InChI is InChI=1S/C18H30O6/c1-14(9-19)21-10-15(2)22-11-16(3)23-12-17(20)13-24-18-7-5-4-6-8-18/h4-8,14-17,19-20H,9-13H2,1-3H3. The van der Waals surface area contributed by atoms with Gasteiger partial charge in [0.2, 0.25) is 0 Å². The van der Waals surface area contributed by atoms with Crippen molar-refractivity contribution in [2.24, 2.45) is 0 Å². The van der Waals surface area contributed by atoms with Gasteiger partial charge in [0.25, 0.3) is 0 Å². The number of hydrogen-bond acceptors (Lipinski definition) is 6. The highest BCUT2D eigenvalue weighted by Crippen LogP contribution is 2.08. The number of hydrogen-bond donors (Lipinski definition) is 2. The van der Waals surface area contributed by atoms with E-state index in [9.17, 15) is 5.11 Å². The van der Waals surface area contributed by atoms with Crippen molar-refractivity contribution in [2.45, 2.75) is 45.2 Å². The van der Waals surface area contributed by atoms with E-state index < -0.39 is 6.10 Å². The molecule has 0 spiro atoms. The smallest absolute Gasteiger partial charge is 0.119 e. The van der Waals surface area contributed by atoms with Crippen molar-refractivity contribution in [3.8, 4) is 5.75 Å². The van der Waals surface area contributed by atoms with Gasteiger partial charge in [0.15, 0.2) is 0 Å². The van der Waals surface area contributed by atoms with Gasteiger partial charge in [-0.2, -0.15) is 0 Å². The molecule has 0 aliphatic rings. The normalized spacial score (nSPS) is 16.4. The molecule has 0 heterocycles. The molecule has 0 aromatic heterocycles. The van der Waals surface area contributed by atoms with Crippen molar-refractivity contribution in [1.29, 1.82) is 0 Å².